The zero-order valence-corrected chi connectivity index (χ0v) is 12.8. The van der Waals surface area contributed by atoms with E-state index in [9.17, 15) is 4.79 Å². The minimum atomic E-state index is -0.411. The Morgan fingerprint density at radius 2 is 1.96 bits per heavy atom. The molecule has 1 unspecified atom stereocenters. The minimum absolute atomic E-state index is 0.243. The molecule has 0 spiro atoms. The van der Waals surface area contributed by atoms with Gasteiger partial charge in [0.1, 0.15) is 0 Å². The van der Waals surface area contributed by atoms with E-state index < -0.39 is 6.23 Å². The minimum Gasteiger partial charge on any atom is -0.405 e. The van der Waals surface area contributed by atoms with E-state index in [1.165, 1.54) is 16.8 Å². The highest BCUT2D eigenvalue weighted by Gasteiger charge is 2.15. The van der Waals surface area contributed by atoms with Crippen molar-refractivity contribution in [3.8, 4) is 11.6 Å². The van der Waals surface area contributed by atoms with Crippen LogP contribution in [0.1, 0.15) is 6.92 Å². The summed E-state index contributed by atoms with van der Waals surface area (Å²) in [5, 5.41) is 7.20. The summed E-state index contributed by atoms with van der Waals surface area (Å²) < 4.78 is 12.1. The van der Waals surface area contributed by atoms with Crippen molar-refractivity contribution in [2.75, 3.05) is 7.11 Å². The summed E-state index contributed by atoms with van der Waals surface area (Å²) in [5.41, 5.74) is 1.28. The van der Waals surface area contributed by atoms with Gasteiger partial charge >= 0.3 is 0 Å². The van der Waals surface area contributed by atoms with Crippen molar-refractivity contribution in [1.29, 1.82) is 0 Å². The van der Waals surface area contributed by atoms with Gasteiger partial charge in [0.2, 0.25) is 5.88 Å². The van der Waals surface area contributed by atoms with Crippen LogP contribution in [0.4, 0.5) is 0 Å². The molecular weight excluding hydrogens is 296 g/mol. The van der Waals surface area contributed by atoms with Crippen LogP contribution in [0.25, 0.3) is 5.69 Å². The average molecular weight is 312 g/mol. The van der Waals surface area contributed by atoms with Crippen LogP contribution in [0.5, 0.6) is 5.88 Å². The Morgan fingerprint density at radius 1 is 1.17 bits per heavy atom. The van der Waals surface area contributed by atoms with Crippen molar-refractivity contribution in [3.05, 3.63) is 64.6 Å². The molecule has 0 aliphatic carbocycles. The topological polar surface area (TPSA) is 77.7 Å². The molecule has 0 bridgehead atoms. The third-order valence-corrected chi connectivity index (χ3v) is 3.16. The number of ether oxygens (including phenoxy) is 2. The van der Waals surface area contributed by atoms with Crippen molar-refractivity contribution >= 4 is 6.02 Å². The van der Waals surface area contributed by atoms with Crippen LogP contribution in [0.15, 0.2) is 64.0 Å². The molecule has 2 heterocycles. The first-order valence-electron chi connectivity index (χ1n) is 7.05. The van der Waals surface area contributed by atoms with Crippen LogP contribution in [-0.4, -0.2) is 29.1 Å². The van der Waals surface area contributed by atoms with E-state index in [2.05, 4.69) is 15.4 Å². The van der Waals surface area contributed by atoms with Gasteiger partial charge in [-0.1, -0.05) is 18.2 Å². The van der Waals surface area contributed by atoms with Crippen LogP contribution >= 0.6 is 0 Å². The maximum Gasteiger partial charge on any atom is 0.298 e. The lowest BCUT2D eigenvalue weighted by atomic mass is 10.3. The summed E-state index contributed by atoms with van der Waals surface area (Å²) in [6.45, 7) is 1.88. The maximum absolute atomic E-state index is 12.0. The van der Waals surface area contributed by atoms with E-state index in [0.717, 1.165) is 5.70 Å². The van der Waals surface area contributed by atoms with E-state index in [1.807, 2.05) is 31.2 Å². The Morgan fingerprint density at radius 3 is 2.70 bits per heavy atom. The van der Waals surface area contributed by atoms with Crippen LogP contribution < -0.4 is 15.6 Å². The summed E-state index contributed by atoms with van der Waals surface area (Å²) in [4.78, 5) is 16.2. The van der Waals surface area contributed by atoms with Crippen LogP contribution in [0, 0.1) is 0 Å². The van der Waals surface area contributed by atoms with Crippen LogP contribution in [0.3, 0.4) is 0 Å². The van der Waals surface area contributed by atoms with Gasteiger partial charge in [-0.15, -0.1) is 5.10 Å². The molecule has 0 saturated heterocycles. The van der Waals surface area contributed by atoms with E-state index in [0.29, 0.717) is 5.69 Å². The Labute approximate surface area is 132 Å². The molecule has 0 amide bonds. The lowest BCUT2D eigenvalue weighted by molar-refractivity contribution is 0.143. The molecule has 3 rings (SSSR count). The van der Waals surface area contributed by atoms with Crippen molar-refractivity contribution in [2.45, 2.75) is 13.2 Å². The van der Waals surface area contributed by atoms with Gasteiger partial charge in [-0.25, -0.2) is 0 Å². The van der Waals surface area contributed by atoms with Gasteiger partial charge < -0.3 is 14.8 Å². The molecule has 1 aromatic heterocycles. The first-order valence-corrected chi connectivity index (χ1v) is 7.05. The van der Waals surface area contributed by atoms with Gasteiger partial charge in [0, 0.05) is 24.9 Å². The largest absolute Gasteiger partial charge is 0.405 e. The number of allylic oxidation sites excluding steroid dienone is 1. The van der Waals surface area contributed by atoms with Gasteiger partial charge in [-0.05, 0) is 25.1 Å². The Bertz CT molecular complexity index is 812. The number of para-hydroxylation sites is 1. The molecule has 2 aromatic rings. The Kier molecular flexibility index (Phi) is 4.20. The number of amidine groups is 1. The fourth-order valence-electron chi connectivity index (χ4n) is 2.08. The summed E-state index contributed by atoms with van der Waals surface area (Å²) in [6.07, 6.45) is 1.41. The first-order chi connectivity index (χ1) is 11.2. The van der Waals surface area contributed by atoms with Crippen LogP contribution in [-0.2, 0) is 4.74 Å². The summed E-state index contributed by atoms with van der Waals surface area (Å²) in [6, 6.07) is 12.3. The molecule has 1 aromatic carbocycles. The average Bonchev–Trinajstić information content (AvgIpc) is 2.57. The predicted octanol–water partition coefficient (Wildman–Crippen LogP) is 1.45. The fraction of sp³-hybridized carbons (Fsp3) is 0.188. The summed E-state index contributed by atoms with van der Waals surface area (Å²) >= 11 is 0. The molecule has 118 valence electrons. The first kappa shape index (κ1) is 15.0. The second-order valence-electron chi connectivity index (χ2n) is 4.89. The van der Waals surface area contributed by atoms with Gasteiger partial charge in [-0.3, -0.25) is 4.79 Å². The number of nitrogens with one attached hydrogen (secondary N) is 1. The zero-order chi connectivity index (χ0) is 16.2. The van der Waals surface area contributed by atoms with E-state index >= 15 is 0 Å². The molecule has 7 nitrogen and oxygen atoms in total. The van der Waals surface area contributed by atoms with Crippen molar-refractivity contribution in [3.63, 3.8) is 0 Å². The molecule has 1 N–H and O–H groups in total. The lowest BCUT2D eigenvalue weighted by Gasteiger charge is -2.18. The molecule has 1 aliphatic heterocycles. The highest BCUT2D eigenvalue weighted by Crippen LogP contribution is 2.10. The number of rotatable bonds is 3. The van der Waals surface area contributed by atoms with Crippen LogP contribution in [0.2, 0.25) is 0 Å². The second kappa shape index (κ2) is 6.45. The van der Waals surface area contributed by atoms with E-state index in [-0.39, 0.29) is 17.5 Å². The van der Waals surface area contributed by atoms with E-state index in [1.54, 1.807) is 19.2 Å². The number of nitrogens with zero attached hydrogens (tertiary/aromatic N) is 3. The monoisotopic (exact) mass is 312 g/mol. The number of aliphatic imine (C=N–C) groups is 1. The molecule has 7 heteroatoms. The molecule has 0 fully saturated rings. The third kappa shape index (κ3) is 3.46. The molecule has 1 aliphatic rings. The van der Waals surface area contributed by atoms with Crippen molar-refractivity contribution < 1.29 is 9.47 Å². The molecule has 23 heavy (non-hydrogen) atoms. The fourth-order valence-corrected chi connectivity index (χ4v) is 2.08. The molecular formula is C16H16N4O3. The number of benzene rings is 1. The zero-order valence-electron chi connectivity index (χ0n) is 12.8. The number of methoxy groups -OCH3 is 1. The number of aromatic nitrogens is 2. The Hall–Kier alpha value is -2.93. The van der Waals surface area contributed by atoms with Gasteiger partial charge in [0.05, 0.1) is 5.69 Å². The SMILES string of the molecule is COC1C=C(C)NC(Oc2ccc(=O)n(-c3ccccc3)n2)=N1. The van der Waals surface area contributed by atoms with Gasteiger partial charge in [0.15, 0.2) is 6.23 Å². The van der Waals surface area contributed by atoms with Crippen molar-refractivity contribution in [2.24, 2.45) is 4.99 Å². The highest BCUT2D eigenvalue weighted by molar-refractivity contribution is 5.78. The number of hydrogen-bond donors (Lipinski definition) is 1. The van der Waals surface area contributed by atoms with E-state index in [4.69, 9.17) is 9.47 Å². The van der Waals surface area contributed by atoms with Gasteiger partial charge in [0.25, 0.3) is 11.6 Å². The van der Waals surface area contributed by atoms with Crippen molar-refractivity contribution in [1.82, 2.24) is 15.1 Å². The number of hydrogen-bond acceptors (Lipinski definition) is 6. The third-order valence-electron chi connectivity index (χ3n) is 3.16. The standard InChI is InChI=1S/C16H16N4O3/c1-11-10-14(22-2)18-16(17-11)23-13-8-9-15(21)20(19-13)12-6-4-3-5-7-12/h3-10,14H,1-2H3,(H,17,18). The second-order valence-corrected chi connectivity index (χ2v) is 4.89. The normalized spacial score (nSPS) is 17.0. The summed E-state index contributed by atoms with van der Waals surface area (Å²) in [5.74, 6) is 0.254. The highest BCUT2D eigenvalue weighted by atomic mass is 16.5. The molecule has 0 radical (unpaired) electrons. The Balaban J connectivity index is 1.88. The lowest BCUT2D eigenvalue weighted by Crippen LogP contribution is -2.34. The van der Waals surface area contributed by atoms with Gasteiger partial charge in [-0.2, -0.15) is 9.67 Å². The molecule has 1 atom stereocenters. The molecule has 0 saturated carbocycles. The predicted molar refractivity (Wildman–Crippen MR) is 85.6 cm³/mol. The maximum atomic E-state index is 12.0. The smallest absolute Gasteiger partial charge is 0.298 e. The summed E-state index contributed by atoms with van der Waals surface area (Å²) in [7, 11) is 1.56. The quantitative estimate of drug-likeness (QED) is 0.928.